The number of hydrogen-bond donors (Lipinski definition) is 2. The largest absolute Gasteiger partial charge is 0.494 e. The van der Waals surface area contributed by atoms with Gasteiger partial charge in [-0.15, -0.1) is 0 Å². The average molecular weight is 217 g/mol. The Kier molecular flexibility index (Phi) is 3.99. The lowest BCUT2D eigenvalue weighted by Crippen LogP contribution is -2.14. The van der Waals surface area contributed by atoms with Gasteiger partial charge in [-0.3, -0.25) is 0 Å². The smallest absolute Gasteiger partial charge is 0.165 e. The normalized spacial score (nSPS) is 12.6. The van der Waals surface area contributed by atoms with Gasteiger partial charge in [-0.05, 0) is 12.5 Å². The molecule has 3 nitrogen and oxygen atoms in total. The van der Waals surface area contributed by atoms with Crippen LogP contribution in [0.25, 0.3) is 0 Å². The first-order valence-electron chi connectivity index (χ1n) is 4.49. The van der Waals surface area contributed by atoms with Gasteiger partial charge in [0.05, 0.1) is 7.11 Å². The average Bonchev–Trinajstić information content (AvgIpc) is 2.21. The van der Waals surface area contributed by atoms with Crippen molar-refractivity contribution in [3.05, 3.63) is 29.3 Å². The maximum absolute atomic E-state index is 13.4. The molecule has 1 aromatic rings. The summed E-state index contributed by atoms with van der Waals surface area (Å²) in [4.78, 5) is 0. The predicted molar refractivity (Wildman–Crippen MR) is 51.5 cm³/mol. The highest BCUT2D eigenvalue weighted by molar-refractivity contribution is 5.32. The zero-order chi connectivity index (χ0) is 11.4. The van der Waals surface area contributed by atoms with Gasteiger partial charge in [0.25, 0.3) is 0 Å². The number of methoxy groups -OCH3 is 1. The van der Waals surface area contributed by atoms with Gasteiger partial charge in [0.2, 0.25) is 0 Å². The van der Waals surface area contributed by atoms with Crippen molar-refractivity contribution < 1.29 is 18.6 Å². The van der Waals surface area contributed by atoms with Crippen molar-refractivity contribution in [2.24, 2.45) is 5.73 Å². The maximum Gasteiger partial charge on any atom is 0.165 e. The Morgan fingerprint density at radius 3 is 2.60 bits per heavy atom. The zero-order valence-corrected chi connectivity index (χ0v) is 8.34. The Bertz CT molecular complexity index is 344. The summed E-state index contributed by atoms with van der Waals surface area (Å²) in [5, 5.41) is 8.64. The van der Waals surface area contributed by atoms with Gasteiger partial charge < -0.3 is 15.6 Å². The number of hydrogen-bond acceptors (Lipinski definition) is 3. The summed E-state index contributed by atoms with van der Waals surface area (Å²) in [5.74, 6) is -1.45. The molecule has 0 unspecified atom stereocenters. The summed E-state index contributed by atoms with van der Waals surface area (Å²) < 4.78 is 31.2. The summed E-state index contributed by atoms with van der Waals surface area (Å²) in [6.45, 7) is -0.172. The molecule has 84 valence electrons. The van der Waals surface area contributed by atoms with Gasteiger partial charge in [0, 0.05) is 24.3 Å². The lowest BCUT2D eigenvalue weighted by atomic mass is 10.0. The lowest BCUT2D eigenvalue weighted by Gasteiger charge is -2.12. The Labute approximate surface area is 86.5 Å². The number of aliphatic hydroxyl groups excluding tert-OH is 1. The molecule has 0 amide bonds. The molecular weight excluding hydrogens is 204 g/mol. The molecule has 0 spiro atoms. The Morgan fingerprint density at radius 1 is 1.40 bits per heavy atom. The number of ether oxygens (including phenoxy) is 1. The molecule has 0 heterocycles. The number of nitrogens with two attached hydrogens (primary N) is 1. The number of aliphatic hydroxyl groups is 1. The second-order valence-corrected chi connectivity index (χ2v) is 3.13. The van der Waals surface area contributed by atoms with E-state index in [9.17, 15) is 8.78 Å². The Balaban J connectivity index is 3.04. The quantitative estimate of drug-likeness (QED) is 0.800. The number of rotatable bonds is 4. The molecular formula is C10H13F2NO2. The van der Waals surface area contributed by atoms with E-state index in [0.29, 0.717) is 0 Å². The first-order valence-corrected chi connectivity index (χ1v) is 4.49. The summed E-state index contributed by atoms with van der Waals surface area (Å²) in [6, 6.07) is 1.23. The van der Waals surface area contributed by atoms with Crippen LogP contribution >= 0.6 is 0 Å². The molecule has 0 aromatic heterocycles. The van der Waals surface area contributed by atoms with Crippen LogP contribution < -0.4 is 10.5 Å². The van der Waals surface area contributed by atoms with Crippen molar-refractivity contribution in [2.45, 2.75) is 12.5 Å². The van der Waals surface area contributed by atoms with Crippen molar-refractivity contribution in [2.75, 3.05) is 13.7 Å². The first-order chi connectivity index (χ1) is 7.10. The third-order valence-electron chi connectivity index (χ3n) is 2.11. The minimum Gasteiger partial charge on any atom is -0.494 e. The molecule has 15 heavy (non-hydrogen) atoms. The van der Waals surface area contributed by atoms with E-state index in [-0.39, 0.29) is 24.3 Å². The van der Waals surface area contributed by atoms with E-state index >= 15 is 0 Å². The number of benzene rings is 1. The van der Waals surface area contributed by atoms with E-state index in [0.717, 1.165) is 12.1 Å². The van der Waals surface area contributed by atoms with Crippen LogP contribution in [0, 0.1) is 11.6 Å². The van der Waals surface area contributed by atoms with E-state index in [1.165, 1.54) is 7.11 Å². The van der Waals surface area contributed by atoms with Crippen LogP contribution in [0.5, 0.6) is 5.75 Å². The van der Waals surface area contributed by atoms with E-state index in [2.05, 4.69) is 4.74 Å². The Morgan fingerprint density at radius 2 is 2.07 bits per heavy atom. The van der Waals surface area contributed by atoms with Gasteiger partial charge in [-0.1, -0.05) is 0 Å². The van der Waals surface area contributed by atoms with Crippen molar-refractivity contribution in [1.29, 1.82) is 0 Å². The molecule has 3 N–H and O–H groups in total. The van der Waals surface area contributed by atoms with Crippen molar-refractivity contribution in [1.82, 2.24) is 0 Å². The first kappa shape index (κ1) is 11.9. The summed E-state index contributed by atoms with van der Waals surface area (Å²) in [5.41, 5.74) is 5.60. The lowest BCUT2D eigenvalue weighted by molar-refractivity contribution is 0.275. The highest BCUT2D eigenvalue weighted by atomic mass is 19.1. The predicted octanol–water partition coefficient (Wildman–Crippen LogP) is 1.36. The standard InChI is InChI=1S/C10H13F2NO2/c1-15-10-5-7(11)6(4-8(10)12)9(13)2-3-14/h4-5,9,14H,2-3,13H2,1H3/t9-/m0/s1. The third kappa shape index (κ3) is 2.64. The minimum atomic E-state index is -0.713. The van der Waals surface area contributed by atoms with Crippen LogP contribution in [-0.4, -0.2) is 18.8 Å². The molecule has 5 heteroatoms. The van der Waals surface area contributed by atoms with Crippen molar-refractivity contribution in [3.63, 3.8) is 0 Å². The van der Waals surface area contributed by atoms with Crippen molar-refractivity contribution >= 4 is 0 Å². The van der Waals surface area contributed by atoms with E-state index < -0.39 is 17.7 Å². The SMILES string of the molecule is COc1cc(F)c([C@@H](N)CCO)cc1F. The highest BCUT2D eigenvalue weighted by Gasteiger charge is 2.15. The fraction of sp³-hybridized carbons (Fsp3) is 0.400. The zero-order valence-electron chi connectivity index (χ0n) is 8.34. The Hall–Kier alpha value is -1.20. The molecule has 0 radical (unpaired) electrons. The summed E-state index contributed by atoms with van der Waals surface area (Å²) in [7, 11) is 1.26. The van der Waals surface area contributed by atoms with Crippen LogP contribution in [0.1, 0.15) is 18.0 Å². The molecule has 0 aliphatic rings. The molecule has 1 rings (SSSR count). The fourth-order valence-corrected chi connectivity index (χ4v) is 1.28. The van der Waals surface area contributed by atoms with E-state index in [1.54, 1.807) is 0 Å². The van der Waals surface area contributed by atoms with Crippen LogP contribution in [0.3, 0.4) is 0 Å². The van der Waals surface area contributed by atoms with Gasteiger partial charge in [0.1, 0.15) is 5.82 Å². The molecule has 0 saturated heterocycles. The fourth-order valence-electron chi connectivity index (χ4n) is 1.28. The van der Waals surface area contributed by atoms with Crippen LogP contribution in [0.2, 0.25) is 0 Å². The number of halogens is 2. The maximum atomic E-state index is 13.4. The minimum absolute atomic E-state index is 0.0438. The van der Waals surface area contributed by atoms with Crippen molar-refractivity contribution in [3.8, 4) is 5.75 Å². The van der Waals surface area contributed by atoms with Gasteiger partial charge in [-0.25, -0.2) is 8.78 Å². The van der Waals surface area contributed by atoms with Crippen LogP contribution in [0.15, 0.2) is 12.1 Å². The molecule has 0 aliphatic heterocycles. The molecule has 0 saturated carbocycles. The summed E-state index contributed by atoms with van der Waals surface area (Å²) in [6.07, 6.45) is 0.183. The van der Waals surface area contributed by atoms with Gasteiger partial charge >= 0.3 is 0 Å². The second-order valence-electron chi connectivity index (χ2n) is 3.13. The van der Waals surface area contributed by atoms with E-state index in [4.69, 9.17) is 10.8 Å². The highest BCUT2D eigenvalue weighted by Crippen LogP contribution is 2.25. The topological polar surface area (TPSA) is 55.5 Å². The van der Waals surface area contributed by atoms with Crippen LogP contribution in [0.4, 0.5) is 8.78 Å². The molecule has 0 aliphatic carbocycles. The summed E-state index contributed by atoms with van der Waals surface area (Å²) >= 11 is 0. The third-order valence-corrected chi connectivity index (χ3v) is 2.11. The molecule has 0 fully saturated rings. The van der Waals surface area contributed by atoms with E-state index in [1.807, 2.05) is 0 Å². The van der Waals surface area contributed by atoms with Crippen LogP contribution in [-0.2, 0) is 0 Å². The molecule has 1 aromatic carbocycles. The molecule has 0 bridgehead atoms. The monoisotopic (exact) mass is 217 g/mol. The second kappa shape index (κ2) is 5.04. The van der Waals surface area contributed by atoms with Gasteiger partial charge in [-0.2, -0.15) is 0 Å². The molecule has 1 atom stereocenters. The van der Waals surface area contributed by atoms with Gasteiger partial charge in [0.15, 0.2) is 11.6 Å².